The monoisotopic (exact) mass is 416 g/mol. The van der Waals surface area contributed by atoms with Crippen LogP contribution < -0.4 is 0 Å². The van der Waals surface area contributed by atoms with Crippen LogP contribution in [-0.4, -0.2) is 30.4 Å². The van der Waals surface area contributed by atoms with Crippen LogP contribution >= 0.6 is 0 Å². The molecule has 0 spiro atoms. The summed E-state index contributed by atoms with van der Waals surface area (Å²) in [5.41, 5.74) is 1.47. The van der Waals surface area contributed by atoms with Gasteiger partial charge >= 0.3 is 11.9 Å². The van der Waals surface area contributed by atoms with Gasteiger partial charge in [0.15, 0.2) is 11.9 Å². The van der Waals surface area contributed by atoms with Gasteiger partial charge in [-0.1, -0.05) is 20.8 Å². The van der Waals surface area contributed by atoms with Gasteiger partial charge in [0.1, 0.15) is 6.61 Å². The van der Waals surface area contributed by atoms with Crippen LogP contribution in [0.5, 0.6) is 0 Å². The number of aryl methyl sites for hydroxylation is 1. The van der Waals surface area contributed by atoms with Crippen molar-refractivity contribution in [1.29, 1.82) is 0 Å². The average molecular weight is 417 g/mol. The third kappa shape index (κ3) is 2.94. The molecule has 0 amide bonds. The zero-order valence-electron chi connectivity index (χ0n) is 18.6. The summed E-state index contributed by atoms with van der Waals surface area (Å²) in [4.78, 5) is 36.8. The number of ether oxygens (including phenoxy) is 2. The maximum absolute atomic E-state index is 13.4. The number of hydrogen-bond donors (Lipinski definition) is 0. The molecule has 3 aliphatic rings. The normalized spacial score (nSPS) is 40.0. The summed E-state index contributed by atoms with van der Waals surface area (Å²) >= 11 is 0. The second kappa shape index (κ2) is 6.96. The van der Waals surface area contributed by atoms with Crippen molar-refractivity contribution in [3.63, 3.8) is 0 Å². The van der Waals surface area contributed by atoms with Crippen molar-refractivity contribution in [3.05, 3.63) is 23.7 Å². The second-order valence-corrected chi connectivity index (χ2v) is 10.3. The van der Waals surface area contributed by atoms with Crippen molar-refractivity contribution < 1.29 is 28.3 Å². The molecule has 1 aromatic heterocycles. The highest BCUT2D eigenvalue weighted by Gasteiger charge is 2.66. The van der Waals surface area contributed by atoms with E-state index in [0.29, 0.717) is 12.3 Å². The van der Waals surface area contributed by atoms with Crippen LogP contribution in [0.15, 0.2) is 16.9 Å². The number of furan rings is 1. The lowest BCUT2D eigenvalue weighted by molar-refractivity contribution is -0.203. The summed E-state index contributed by atoms with van der Waals surface area (Å²) in [5.74, 6) is -0.544. The molecule has 4 rings (SSSR count). The van der Waals surface area contributed by atoms with Gasteiger partial charge in [0, 0.05) is 25.7 Å². The fraction of sp³-hybridized carbons (Fsp3) is 0.708. The van der Waals surface area contributed by atoms with Crippen molar-refractivity contribution in [2.24, 2.45) is 22.7 Å². The fourth-order valence-corrected chi connectivity index (χ4v) is 7.36. The zero-order valence-corrected chi connectivity index (χ0v) is 18.6. The van der Waals surface area contributed by atoms with Crippen LogP contribution in [0.4, 0.5) is 0 Å². The van der Waals surface area contributed by atoms with Gasteiger partial charge in [0.2, 0.25) is 0 Å². The van der Waals surface area contributed by atoms with Crippen molar-refractivity contribution in [2.45, 2.75) is 78.2 Å². The Morgan fingerprint density at radius 3 is 2.50 bits per heavy atom. The molecule has 6 nitrogen and oxygen atoms in total. The molecule has 0 aliphatic heterocycles. The van der Waals surface area contributed by atoms with E-state index < -0.39 is 17.5 Å². The van der Waals surface area contributed by atoms with E-state index in [1.807, 2.05) is 19.5 Å². The smallest absolute Gasteiger partial charge is 0.303 e. The number of carbonyl (C=O) groups excluding carboxylic acids is 3. The van der Waals surface area contributed by atoms with Gasteiger partial charge < -0.3 is 13.9 Å². The third-order valence-electron chi connectivity index (χ3n) is 8.49. The maximum Gasteiger partial charge on any atom is 0.303 e. The van der Waals surface area contributed by atoms with Crippen molar-refractivity contribution in [1.82, 2.24) is 0 Å². The summed E-state index contributed by atoms with van der Waals surface area (Å²) in [5, 5.41) is 0. The molecule has 6 heteroatoms. The number of hydrogen-bond acceptors (Lipinski definition) is 6. The predicted octanol–water partition coefficient (Wildman–Crippen LogP) is 3.99. The summed E-state index contributed by atoms with van der Waals surface area (Å²) in [6.45, 7) is 9.25. The molecule has 1 heterocycles. The first-order valence-corrected chi connectivity index (χ1v) is 10.9. The van der Waals surface area contributed by atoms with Crippen LogP contribution in [-0.2, 0) is 35.7 Å². The molecule has 2 saturated carbocycles. The summed E-state index contributed by atoms with van der Waals surface area (Å²) in [6, 6.07) is 0. The minimum absolute atomic E-state index is 0.0529. The molecule has 0 unspecified atom stereocenters. The van der Waals surface area contributed by atoms with Gasteiger partial charge in [-0.3, -0.25) is 14.4 Å². The molecule has 3 aliphatic carbocycles. The number of rotatable bonds is 3. The number of Topliss-reactive ketones (excluding diaryl/α,β-unsaturated/α-hetero) is 1. The highest BCUT2D eigenvalue weighted by Crippen LogP contribution is 2.66. The Hall–Kier alpha value is -2.11. The lowest BCUT2D eigenvalue weighted by Gasteiger charge is -2.64. The van der Waals surface area contributed by atoms with Gasteiger partial charge in [0.25, 0.3) is 0 Å². The predicted molar refractivity (Wildman–Crippen MR) is 109 cm³/mol. The zero-order chi connectivity index (χ0) is 21.9. The molecule has 0 aromatic carbocycles. The van der Waals surface area contributed by atoms with Gasteiger partial charge in [-0.05, 0) is 59.5 Å². The Labute approximate surface area is 177 Å². The van der Waals surface area contributed by atoms with E-state index in [9.17, 15) is 14.4 Å². The van der Waals surface area contributed by atoms with Crippen molar-refractivity contribution in [3.8, 4) is 0 Å². The van der Waals surface area contributed by atoms with Crippen LogP contribution in [0.1, 0.15) is 71.4 Å². The Bertz CT molecular complexity index is 886. The molecule has 0 saturated heterocycles. The van der Waals surface area contributed by atoms with E-state index in [4.69, 9.17) is 13.9 Å². The Kier molecular flexibility index (Phi) is 4.90. The summed E-state index contributed by atoms with van der Waals surface area (Å²) in [7, 11) is 0. The molecule has 0 N–H and O–H groups in total. The van der Waals surface area contributed by atoms with Crippen molar-refractivity contribution in [2.75, 3.05) is 6.61 Å². The van der Waals surface area contributed by atoms with E-state index >= 15 is 0 Å². The quantitative estimate of drug-likeness (QED) is 0.693. The van der Waals surface area contributed by atoms with E-state index in [0.717, 1.165) is 25.7 Å². The van der Waals surface area contributed by atoms with E-state index in [-0.39, 0.29) is 35.1 Å². The molecule has 0 radical (unpaired) electrons. The van der Waals surface area contributed by atoms with Crippen LogP contribution in [0.25, 0.3) is 0 Å². The number of fused-ring (bicyclic) bond motifs is 5. The highest BCUT2D eigenvalue weighted by atomic mass is 16.6. The maximum atomic E-state index is 13.4. The first-order chi connectivity index (χ1) is 14.0. The van der Waals surface area contributed by atoms with E-state index in [1.165, 1.54) is 25.0 Å². The van der Waals surface area contributed by atoms with Gasteiger partial charge in [-0.25, -0.2) is 0 Å². The Morgan fingerprint density at radius 1 is 1.10 bits per heavy atom. The van der Waals surface area contributed by atoms with Gasteiger partial charge in [-0.2, -0.15) is 0 Å². The molecule has 1 aromatic rings. The minimum Gasteiger partial charge on any atom is -0.472 e. The average Bonchev–Trinajstić information content (AvgIpc) is 3.13. The van der Waals surface area contributed by atoms with Crippen molar-refractivity contribution >= 4 is 17.7 Å². The summed E-state index contributed by atoms with van der Waals surface area (Å²) in [6.07, 6.45) is 7.00. The number of esters is 2. The largest absolute Gasteiger partial charge is 0.472 e. The lowest BCUT2D eigenvalue weighted by Crippen LogP contribution is -2.65. The first kappa shape index (κ1) is 21.1. The van der Waals surface area contributed by atoms with E-state index in [2.05, 4.69) is 13.8 Å². The van der Waals surface area contributed by atoms with Gasteiger partial charge in [-0.15, -0.1) is 0 Å². The SMILES string of the molecule is CC(=O)OC[C@]1(C)[C@@H]2CC[C@@]3(C)c4cocc4CC[C@@H]3[C@@]2(C)CC(=O)[C@H]1OC(C)=O. The van der Waals surface area contributed by atoms with Gasteiger partial charge in [0.05, 0.1) is 12.5 Å². The Balaban J connectivity index is 1.77. The topological polar surface area (TPSA) is 82.8 Å². The molecular formula is C24H32O6. The fourth-order valence-electron chi connectivity index (χ4n) is 7.36. The minimum atomic E-state index is -0.884. The van der Waals surface area contributed by atoms with E-state index in [1.54, 1.807) is 0 Å². The number of carbonyl (C=O) groups is 3. The second-order valence-electron chi connectivity index (χ2n) is 10.3. The lowest BCUT2D eigenvalue weighted by atomic mass is 9.40. The standard InChI is InChI=1S/C24H32O6/c1-14(25)29-13-24(5)20-8-9-22(3)17-12-28-11-16(17)6-7-19(22)23(20,4)10-18(27)21(24)30-15(2)26/h11-12,19-21H,6-10,13H2,1-5H3/t19-,20+,21+,22-,23+,24+/m0/s1. The van der Waals surface area contributed by atoms with Crippen LogP contribution in [0.3, 0.4) is 0 Å². The highest BCUT2D eigenvalue weighted by molar-refractivity contribution is 5.88. The molecule has 6 atom stereocenters. The summed E-state index contributed by atoms with van der Waals surface area (Å²) < 4.78 is 16.6. The molecule has 0 bridgehead atoms. The Morgan fingerprint density at radius 2 is 1.83 bits per heavy atom. The van der Waals surface area contributed by atoms with Crippen LogP contribution in [0.2, 0.25) is 0 Å². The third-order valence-corrected chi connectivity index (χ3v) is 8.49. The van der Waals surface area contributed by atoms with Crippen LogP contribution in [0, 0.1) is 22.7 Å². The number of ketones is 1. The molecule has 164 valence electrons. The molecular weight excluding hydrogens is 384 g/mol. The molecule has 2 fully saturated rings. The first-order valence-electron chi connectivity index (χ1n) is 10.9. The molecule has 30 heavy (non-hydrogen) atoms.